The van der Waals surface area contributed by atoms with Crippen LogP contribution in [0.25, 0.3) is 0 Å². The molecule has 7 rings (SSSR count). The number of benzene rings is 3. The van der Waals surface area contributed by atoms with Gasteiger partial charge in [0.05, 0.1) is 11.4 Å². The molecule has 4 heterocycles. The predicted molar refractivity (Wildman–Crippen MR) is 136 cm³/mol. The summed E-state index contributed by atoms with van der Waals surface area (Å²) in [6.45, 7) is -0.0245. The fraction of sp³-hybridized carbons (Fsp3) is 0. The lowest BCUT2D eigenvalue weighted by Crippen LogP contribution is -2.63. The monoisotopic (exact) mass is 422 g/mol. The van der Waals surface area contributed by atoms with E-state index in [1.165, 1.54) is 16.8 Å². The second kappa shape index (κ2) is 7.07. The highest BCUT2D eigenvalue weighted by Gasteiger charge is 2.44. The van der Waals surface area contributed by atoms with Crippen LogP contribution in [0.5, 0.6) is 0 Å². The molecule has 0 N–H and O–H groups in total. The zero-order valence-electron chi connectivity index (χ0n) is 17.8. The second-order valence-electron chi connectivity index (χ2n) is 8.30. The van der Waals surface area contributed by atoms with Crippen LogP contribution in [0.4, 0.5) is 34.1 Å². The highest BCUT2D eigenvalue weighted by molar-refractivity contribution is 6.99. The molecule has 0 saturated heterocycles. The molecule has 5 aromatic rings. The van der Waals surface area contributed by atoms with Gasteiger partial charge in [-0.15, -0.1) is 0 Å². The van der Waals surface area contributed by atoms with Gasteiger partial charge in [-0.1, -0.05) is 42.5 Å². The molecule has 2 aromatic heterocycles. The number of pyridine rings is 2. The molecule has 0 amide bonds. The van der Waals surface area contributed by atoms with E-state index < -0.39 is 0 Å². The molecular formula is C28H19BN4. The SMILES string of the molecule is c1ccc(N2c3cccnc3B3c4ncccc4N(c4ccccc4)c4cccc2c43)cc1. The number of hydrogen-bond acceptors (Lipinski definition) is 4. The first-order valence-corrected chi connectivity index (χ1v) is 11.1. The van der Waals surface area contributed by atoms with Gasteiger partial charge in [0.25, 0.3) is 6.71 Å². The number of nitrogens with zero attached hydrogens (tertiary/aromatic N) is 4. The molecule has 0 spiro atoms. The Kier molecular flexibility index (Phi) is 3.90. The van der Waals surface area contributed by atoms with Gasteiger partial charge in [0, 0.05) is 46.3 Å². The first-order valence-electron chi connectivity index (χ1n) is 11.1. The van der Waals surface area contributed by atoms with Gasteiger partial charge in [0.2, 0.25) is 0 Å². The Morgan fingerprint density at radius 1 is 0.455 bits per heavy atom. The molecule has 0 atom stereocenters. The molecule has 0 bridgehead atoms. The van der Waals surface area contributed by atoms with E-state index in [2.05, 4.69) is 101 Å². The lowest BCUT2D eigenvalue weighted by atomic mass is 9.36. The summed E-state index contributed by atoms with van der Waals surface area (Å²) in [5, 5.41) is 0. The molecule has 5 heteroatoms. The number of para-hydroxylation sites is 2. The molecule has 0 fully saturated rings. The summed E-state index contributed by atoms with van der Waals surface area (Å²) in [7, 11) is 0. The Morgan fingerprint density at radius 3 is 1.39 bits per heavy atom. The van der Waals surface area contributed by atoms with Crippen molar-refractivity contribution in [2.24, 2.45) is 0 Å². The third-order valence-electron chi connectivity index (χ3n) is 6.52. The van der Waals surface area contributed by atoms with Crippen LogP contribution >= 0.6 is 0 Å². The molecule has 0 unspecified atom stereocenters. The van der Waals surface area contributed by atoms with E-state index in [0.29, 0.717) is 0 Å². The quantitative estimate of drug-likeness (QED) is 0.383. The standard InChI is InChI=1S/C28H19BN4/c1-3-10-20(11-4-1)32-22-14-7-15-23-26(22)29(27-24(32)16-8-18-30-27)28-25(17-9-19-31-28)33(23)21-12-5-2-6-13-21/h1-19H. The van der Waals surface area contributed by atoms with Gasteiger partial charge in [0.15, 0.2) is 0 Å². The molecule has 0 aliphatic carbocycles. The predicted octanol–water partition coefficient (Wildman–Crippen LogP) is 4.56. The van der Waals surface area contributed by atoms with Crippen LogP contribution in [0.2, 0.25) is 0 Å². The molecule has 33 heavy (non-hydrogen) atoms. The Hall–Kier alpha value is -4.38. The summed E-state index contributed by atoms with van der Waals surface area (Å²) in [6, 6.07) is 36.0. The van der Waals surface area contributed by atoms with Gasteiger partial charge in [-0.3, -0.25) is 9.97 Å². The summed E-state index contributed by atoms with van der Waals surface area (Å²) in [5.74, 6) is 0. The van der Waals surface area contributed by atoms with E-state index in [1.807, 2.05) is 24.5 Å². The van der Waals surface area contributed by atoms with Crippen molar-refractivity contribution in [1.29, 1.82) is 0 Å². The smallest absolute Gasteiger partial charge is 0.298 e. The Bertz CT molecular complexity index is 1380. The summed E-state index contributed by atoms with van der Waals surface area (Å²) < 4.78 is 0. The van der Waals surface area contributed by atoms with E-state index >= 15 is 0 Å². The summed E-state index contributed by atoms with van der Waals surface area (Å²) >= 11 is 0. The van der Waals surface area contributed by atoms with E-state index in [-0.39, 0.29) is 6.71 Å². The van der Waals surface area contributed by atoms with Crippen molar-refractivity contribution in [3.8, 4) is 0 Å². The number of rotatable bonds is 2. The minimum atomic E-state index is -0.0245. The fourth-order valence-corrected chi connectivity index (χ4v) is 5.24. The number of fused-ring (bicyclic) bond motifs is 4. The van der Waals surface area contributed by atoms with Crippen molar-refractivity contribution in [1.82, 2.24) is 9.97 Å². The normalized spacial score (nSPS) is 13.3. The van der Waals surface area contributed by atoms with Crippen molar-refractivity contribution in [2.75, 3.05) is 9.80 Å². The molecule has 154 valence electrons. The average Bonchev–Trinajstić information content (AvgIpc) is 2.89. The highest BCUT2D eigenvalue weighted by Crippen LogP contribution is 2.42. The maximum atomic E-state index is 4.92. The summed E-state index contributed by atoms with van der Waals surface area (Å²) in [5.41, 5.74) is 10.1. The maximum absolute atomic E-state index is 4.92. The Labute approximate surface area is 192 Å². The van der Waals surface area contributed by atoms with E-state index in [9.17, 15) is 0 Å². The molecule has 0 saturated carbocycles. The van der Waals surface area contributed by atoms with Crippen LogP contribution in [0.3, 0.4) is 0 Å². The minimum Gasteiger partial charge on any atom is -0.310 e. The van der Waals surface area contributed by atoms with Gasteiger partial charge in [-0.05, 0) is 66.1 Å². The molecular weight excluding hydrogens is 403 g/mol. The van der Waals surface area contributed by atoms with Crippen LogP contribution < -0.4 is 26.4 Å². The third-order valence-corrected chi connectivity index (χ3v) is 6.52. The molecule has 0 radical (unpaired) electrons. The van der Waals surface area contributed by atoms with Gasteiger partial charge >= 0.3 is 0 Å². The number of aromatic nitrogens is 2. The van der Waals surface area contributed by atoms with Crippen molar-refractivity contribution in [3.05, 3.63) is 116 Å². The van der Waals surface area contributed by atoms with Crippen molar-refractivity contribution in [3.63, 3.8) is 0 Å². The van der Waals surface area contributed by atoms with Gasteiger partial charge in [-0.25, -0.2) is 0 Å². The molecule has 2 aliphatic heterocycles. The molecule has 2 aliphatic rings. The molecule has 4 nitrogen and oxygen atoms in total. The van der Waals surface area contributed by atoms with E-state index in [1.54, 1.807) is 0 Å². The fourth-order valence-electron chi connectivity index (χ4n) is 5.24. The van der Waals surface area contributed by atoms with Crippen LogP contribution in [0.1, 0.15) is 0 Å². The van der Waals surface area contributed by atoms with Gasteiger partial charge in [-0.2, -0.15) is 0 Å². The lowest BCUT2D eigenvalue weighted by Gasteiger charge is -2.42. The summed E-state index contributed by atoms with van der Waals surface area (Å²) in [6.07, 6.45) is 3.78. The zero-order chi connectivity index (χ0) is 21.8. The highest BCUT2D eigenvalue weighted by atomic mass is 15.2. The Morgan fingerprint density at radius 2 is 0.909 bits per heavy atom. The third kappa shape index (κ3) is 2.59. The topological polar surface area (TPSA) is 32.3 Å². The first kappa shape index (κ1) is 18.2. The minimum absolute atomic E-state index is 0.0245. The van der Waals surface area contributed by atoms with Crippen molar-refractivity contribution in [2.45, 2.75) is 0 Å². The van der Waals surface area contributed by atoms with E-state index in [4.69, 9.17) is 9.97 Å². The van der Waals surface area contributed by atoms with Crippen LogP contribution in [-0.4, -0.2) is 16.7 Å². The van der Waals surface area contributed by atoms with Gasteiger partial charge < -0.3 is 9.80 Å². The first-order chi connectivity index (χ1) is 16.4. The Balaban J connectivity index is 1.58. The largest absolute Gasteiger partial charge is 0.310 e. The number of hydrogen-bond donors (Lipinski definition) is 0. The zero-order valence-corrected chi connectivity index (χ0v) is 17.8. The van der Waals surface area contributed by atoms with Crippen LogP contribution in [-0.2, 0) is 0 Å². The second-order valence-corrected chi connectivity index (χ2v) is 8.30. The lowest BCUT2D eigenvalue weighted by molar-refractivity contribution is 1.21. The average molecular weight is 422 g/mol. The van der Waals surface area contributed by atoms with Gasteiger partial charge in [0.1, 0.15) is 0 Å². The van der Waals surface area contributed by atoms with Crippen LogP contribution in [0.15, 0.2) is 116 Å². The van der Waals surface area contributed by atoms with Crippen molar-refractivity contribution >= 4 is 57.5 Å². The number of anilines is 6. The van der Waals surface area contributed by atoms with E-state index in [0.717, 1.165) is 33.9 Å². The summed E-state index contributed by atoms with van der Waals surface area (Å²) in [4.78, 5) is 14.5. The van der Waals surface area contributed by atoms with Crippen LogP contribution in [0, 0.1) is 0 Å². The van der Waals surface area contributed by atoms with Crippen molar-refractivity contribution < 1.29 is 0 Å². The molecule has 3 aromatic carbocycles. The maximum Gasteiger partial charge on any atom is 0.298 e.